The lowest BCUT2D eigenvalue weighted by atomic mass is 10.1. The van der Waals surface area contributed by atoms with E-state index in [0.717, 1.165) is 18.2 Å². The predicted octanol–water partition coefficient (Wildman–Crippen LogP) is 2.66. The molecule has 0 bridgehead atoms. The van der Waals surface area contributed by atoms with Gasteiger partial charge in [-0.2, -0.15) is 5.26 Å². The Morgan fingerprint density at radius 1 is 1.31 bits per heavy atom. The van der Waals surface area contributed by atoms with Crippen molar-refractivity contribution in [2.45, 2.75) is 19.4 Å². The average Bonchev–Trinajstić information content (AvgIpc) is 2.66. The summed E-state index contributed by atoms with van der Waals surface area (Å²) in [5.74, 6) is -1.32. The first kappa shape index (κ1) is 19.0. The number of nitriles is 1. The third-order valence-corrected chi connectivity index (χ3v) is 3.38. The molecule has 1 amide bonds. The van der Waals surface area contributed by atoms with E-state index in [9.17, 15) is 13.6 Å². The molecule has 1 N–H and O–H groups in total. The van der Waals surface area contributed by atoms with Crippen molar-refractivity contribution in [1.29, 1.82) is 5.26 Å². The Hall–Kier alpha value is -3.34. The molecule has 0 saturated carbocycles. The van der Waals surface area contributed by atoms with Gasteiger partial charge in [0.05, 0.1) is 19.0 Å². The number of nitrogens with one attached hydrogen (secondary N) is 1. The minimum atomic E-state index is -0.589. The van der Waals surface area contributed by atoms with Crippen LogP contribution in [0.25, 0.3) is 0 Å². The van der Waals surface area contributed by atoms with E-state index < -0.39 is 17.5 Å². The van der Waals surface area contributed by atoms with E-state index in [1.165, 1.54) is 12.4 Å². The largest absolute Gasteiger partial charge is 0.477 e. The van der Waals surface area contributed by atoms with Crippen molar-refractivity contribution >= 4 is 5.91 Å². The molecule has 0 fully saturated rings. The molecule has 0 aliphatic heterocycles. The van der Waals surface area contributed by atoms with E-state index in [0.29, 0.717) is 18.4 Å². The number of amides is 1. The summed E-state index contributed by atoms with van der Waals surface area (Å²) in [6.07, 6.45) is 3.50. The number of carbonyl (C=O) groups excluding carboxylic acids is 1. The molecule has 26 heavy (non-hydrogen) atoms. The van der Waals surface area contributed by atoms with Gasteiger partial charge in [0.1, 0.15) is 17.7 Å². The third-order valence-electron chi connectivity index (χ3n) is 3.38. The number of hydrogen-bond acceptors (Lipinski definition) is 5. The zero-order chi connectivity index (χ0) is 18.9. The fourth-order valence-corrected chi connectivity index (χ4v) is 2.00. The van der Waals surface area contributed by atoms with Gasteiger partial charge in [0.15, 0.2) is 5.69 Å². The van der Waals surface area contributed by atoms with E-state index >= 15 is 0 Å². The summed E-state index contributed by atoms with van der Waals surface area (Å²) in [5, 5.41) is 11.1. The summed E-state index contributed by atoms with van der Waals surface area (Å²) in [6, 6.07) is 4.90. The standard InChI is InChI=1S/C18H16F2N4O2/c1-12(3-2-6-26-17-11-22-15(8-21)10-23-17)18(25)24-9-13-7-14(19)4-5-16(13)20/h4-5,7,10-11H,1-3,6,9H2,(H,24,25). The maximum Gasteiger partial charge on any atom is 0.246 e. The van der Waals surface area contributed by atoms with Gasteiger partial charge in [-0.25, -0.2) is 18.7 Å². The molecule has 6 nitrogen and oxygen atoms in total. The Bertz CT molecular complexity index is 832. The summed E-state index contributed by atoms with van der Waals surface area (Å²) in [6.45, 7) is 3.83. The second kappa shape index (κ2) is 9.22. The third kappa shape index (κ3) is 5.63. The van der Waals surface area contributed by atoms with Crippen LogP contribution in [0.4, 0.5) is 8.78 Å². The number of hydrogen-bond donors (Lipinski definition) is 1. The lowest BCUT2D eigenvalue weighted by Crippen LogP contribution is -2.24. The molecule has 1 heterocycles. The second-order valence-corrected chi connectivity index (χ2v) is 5.33. The highest BCUT2D eigenvalue weighted by Crippen LogP contribution is 2.11. The van der Waals surface area contributed by atoms with Crippen LogP contribution in [0.3, 0.4) is 0 Å². The Morgan fingerprint density at radius 3 is 2.81 bits per heavy atom. The van der Waals surface area contributed by atoms with Crippen LogP contribution in [-0.2, 0) is 11.3 Å². The zero-order valence-corrected chi connectivity index (χ0v) is 13.8. The molecule has 2 rings (SSSR count). The van der Waals surface area contributed by atoms with Gasteiger partial charge in [-0.05, 0) is 31.0 Å². The van der Waals surface area contributed by atoms with Crippen LogP contribution in [0.15, 0.2) is 42.7 Å². The van der Waals surface area contributed by atoms with Gasteiger partial charge >= 0.3 is 0 Å². The fourth-order valence-electron chi connectivity index (χ4n) is 2.00. The summed E-state index contributed by atoms with van der Waals surface area (Å²) in [7, 11) is 0. The van der Waals surface area contributed by atoms with E-state index in [2.05, 4.69) is 21.9 Å². The molecule has 2 aromatic rings. The fraction of sp³-hybridized carbons (Fsp3) is 0.222. The lowest BCUT2D eigenvalue weighted by molar-refractivity contribution is -0.117. The highest BCUT2D eigenvalue weighted by molar-refractivity contribution is 5.92. The van der Waals surface area contributed by atoms with E-state index in [1.54, 1.807) is 0 Å². The number of rotatable bonds is 8. The summed E-state index contributed by atoms with van der Waals surface area (Å²) >= 11 is 0. The van der Waals surface area contributed by atoms with Gasteiger partial charge in [0.2, 0.25) is 11.8 Å². The van der Waals surface area contributed by atoms with Crippen molar-refractivity contribution in [1.82, 2.24) is 15.3 Å². The molecule has 134 valence electrons. The van der Waals surface area contributed by atoms with Crippen LogP contribution in [-0.4, -0.2) is 22.5 Å². The number of halogens is 2. The van der Waals surface area contributed by atoms with Crippen LogP contribution >= 0.6 is 0 Å². The highest BCUT2D eigenvalue weighted by Gasteiger charge is 2.09. The molecule has 8 heteroatoms. The Balaban J connectivity index is 1.70. The molecular weight excluding hydrogens is 342 g/mol. The molecule has 1 aromatic heterocycles. The van der Waals surface area contributed by atoms with Gasteiger partial charge in [-0.15, -0.1) is 0 Å². The number of ether oxygens (including phenoxy) is 1. The topological polar surface area (TPSA) is 87.9 Å². The van der Waals surface area contributed by atoms with Gasteiger partial charge in [0, 0.05) is 17.7 Å². The van der Waals surface area contributed by atoms with Crippen molar-refractivity contribution in [3.63, 3.8) is 0 Å². The van der Waals surface area contributed by atoms with Crippen molar-refractivity contribution in [3.05, 3.63) is 65.6 Å². The smallest absolute Gasteiger partial charge is 0.246 e. The van der Waals surface area contributed by atoms with Crippen LogP contribution in [0.1, 0.15) is 24.1 Å². The molecular formula is C18H16F2N4O2. The van der Waals surface area contributed by atoms with Crippen molar-refractivity contribution in [3.8, 4) is 11.9 Å². The second-order valence-electron chi connectivity index (χ2n) is 5.33. The van der Waals surface area contributed by atoms with Crippen LogP contribution in [0, 0.1) is 23.0 Å². The Kier molecular flexibility index (Phi) is 6.74. The van der Waals surface area contributed by atoms with Gasteiger partial charge in [-0.3, -0.25) is 4.79 Å². The minimum absolute atomic E-state index is 0.0638. The van der Waals surface area contributed by atoms with Crippen LogP contribution in [0.2, 0.25) is 0 Å². The summed E-state index contributed by atoms with van der Waals surface area (Å²) < 4.78 is 31.9. The highest BCUT2D eigenvalue weighted by atomic mass is 19.1. The first-order valence-electron chi connectivity index (χ1n) is 7.74. The molecule has 0 unspecified atom stereocenters. The normalized spacial score (nSPS) is 10.0. The van der Waals surface area contributed by atoms with E-state index in [1.807, 2.05) is 6.07 Å². The van der Waals surface area contributed by atoms with E-state index in [4.69, 9.17) is 10.00 Å². The molecule has 0 aliphatic carbocycles. The number of aromatic nitrogens is 2. The number of carbonyl (C=O) groups is 1. The number of nitrogens with zero attached hydrogens (tertiary/aromatic N) is 3. The minimum Gasteiger partial charge on any atom is -0.477 e. The van der Waals surface area contributed by atoms with Crippen molar-refractivity contribution < 1.29 is 18.3 Å². The van der Waals surface area contributed by atoms with Crippen LogP contribution < -0.4 is 10.1 Å². The number of benzene rings is 1. The molecule has 1 aromatic carbocycles. The molecule has 0 radical (unpaired) electrons. The Morgan fingerprint density at radius 2 is 2.12 bits per heavy atom. The average molecular weight is 358 g/mol. The van der Waals surface area contributed by atoms with Gasteiger partial charge < -0.3 is 10.1 Å². The SMILES string of the molecule is C=C(CCCOc1cnc(C#N)cn1)C(=O)NCc1cc(F)ccc1F. The van der Waals surface area contributed by atoms with Gasteiger partial charge in [-0.1, -0.05) is 6.58 Å². The van der Waals surface area contributed by atoms with Crippen molar-refractivity contribution in [2.24, 2.45) is 0 Å². The summed E-state index contributed by atoms with van der Waals surface area (Å²) in [5.41, 5.74) is 0.558. The molecule has 0 atom stereocenters. The molecule has 0 saturated heterocycles. The lowest BCUT2D eigenvalue weighted by Gasteiger charge is -2.09. The quantitative estimate of drug-likeness (QED) is 0.579. The van der Waals surface area contributed by atoms with Gasteiger partial charge in [0.25, 0.3) is 0 Å². The van der Waals surface area contributed by atoms with Crippen molar-refractivity contribution in [2.75, 3.05) is 6.61 Å². The first-order chi connectivity index (χ1) is 12.5. The predicted molar refractivity (Wildman–Crippen MR) is 88.8 cm³/mol. The molecule has 0 spiro atoms. The Labute approximate surface area is 149 Å². The maximum atomic E-state index is 13.5. The van der Waals surface area contributed by atoms with Crippen LogP contribution in [0.5, 0.6) is 5.88 Å². The van der Waals surface area contributed by atoms with E-state index in [-0.39, 0.29) is 30.3 Å². The maximum absolute atomic E-state index is 13.5. The molecule has 0 aliphatic rings. The first-order valence-corrected chi connectivity index (χ1v) is 7.74. The summed E-state index contributed by atoms with van der Waals surface area (Å²) in [4.78, 5) is 19.6. The monoisotopic (exact) mass is 358 g/mol. The zero-order valence-electron chi connectivity index (χ0n) is 13.8.